The molecule has 0 aliphatic carbocycles. The van der Waals surface area contributed by atoms with Crippen LogP contribution in [0, 0.1) is 0 Å². The lowest BCUT2D eigenvalue weighted by atomic mass is 10.1. The maximum absolute atomic E-state index is 8.82. The van der Waals surface area contributed by atoms with Crippen molar-refractivity contribution in [1.29, 1.82) is 0 Å². The number of rotatable bonds is 8. The molecule has 0 spiro atoms. The Morgan fingerprint density at radius 2 is 1.82 bits per heavy atom. The normalized spacial score (nSPS) is 11.2. The Bertz CT molecular complexity index is 311. The topological polar surface area (TPSA) is 20.2 Å². The molecular formula is C16H24O. The van der Waals surface area contributed by atoms with Crippen molar-refractivity contribution in [2.24, 2.45) is 0 Å². The molecule has 0 aliphatic heterocycles. The Balaban J connectivity index is 2.28. The van der Waals surface area contributed by atoms with Gasteiger partial charge in [-0.3, -0.25) is 0 Å². The summed E-state index contributed by atoms with van der Waals surface area (Å²) >= 11 is 0. The smallest absolute Gasteiger partial charge is 0.0471 e. The second-order valence-corrected chi connectivity index (χ2v) is 4.47. The highest BCUT2D eigenvalue weighted by Gasteiger charge is 1.91. The van der Waals surface area contributed by atoms with Crippen molar-refractivity contribution in [2.75, 3.05) is 6.61 Å². The van der Waals surface area contributed by atoms with Crippen LogP contribution in [0.25, 0.3) is 6.08 Å². The molecule has 0 fully saturated rings. The summed E-state index contributed by atoms with van der Waals surface area (Å²) in [5.41, 5.74) is 2.45. The van der Waals surface area contributed by atoms with Gasteiger partial charge in [-0.05, 0) is 30.4 Å². The summed E-state index contributed by atoms with van der Waals surface area (Å²) in [7, 11) is 0. The second-order valence-electron chi connectivity index (χ2n) is 4.47. The minimum Gasteiger partial charge on any atom is -0.396 e. The van der Waals surface area contributed by atoms with Crippen LogP contribution in [-0.4, -0.2) is 11.7 Å². The Kier molecular flexibility index (Phi) is 7.40. The summed E-state index contributed by atoms with van der Waals surface area (Å²) in [5.74, 6) is 0. The van der Waals surface area contributed by atoms with Crippen molar-refractivity contribution in [3.63, 3.8) is 0 Å². The third-order valence-corrected chi connectivity index (χ3v) is 2.91. The molecule has 0 bridgehead atoms. The Morgan fingerprint density at radius 3 is 2.47 bits per heavy atom. The van der Waals surface area contributed by atoms with Gasteiger partial charge in [0.2, 0.25) is 0 Å². The second kappa shape index (κ2) is 9.00. The van der Waals surface area contributed by atoms with Crippen LogP contribution in [0.5, 0.6) is 0 Å². The highest BCUT2D eigenvalue weighted by atomic mass is 16.2. The van der Waals surface area contributed by atoms with E-state index in [2.05, 4.69) is 43.3 Å². The molecule has 1 N–H and O–H groups in total. The van der Waals surface area contributed by atoms with Crippen molar-refractivity contribution in [2.45, 2.75) is 45.4 Å². The summed E-state index contributed by atoms with van der Waals surface area (Å²) in [6.45, 7) is 2.47. The first kappa shape index (κ1) is 14.0. The predicted octanol–water partition coefficient (Wildman–Crippen LogP) is 4.21. The zero-order valence-electron chi connectivity index (χ0n) is 10.9. The van der Waals surface area contributed by atoms with E-state index in [1.165, 1.54) is 43.2 Å². The fourth-order valence-corrected chi connectivity index (χ4v) is 1.83. The van der Waals surface area contributed by atoms with Gasteiger partial charge in [0.05, 0.1) is 0 Å². The minimum atomic E-state index is 0.229. The van der Waals surface area contributed by atoms with E-state index in [0.717, 1.165) is 6.42 Å². The molecule has 0 heterocycles. The monoisotopic (exact) mass is 232 g/mol. The first-order valence-corrected chi connectivity index (χ1v) is 6.73. The Labute approximate surface area is 105 Å². The van der Waals surface area contributed by atoms with E-state index in [1.807, 2.05) is 0 Å². The molecule has 0 saturated heterocycles. The quantitative estimate of drug-likeness (QED) is 0.666. The van der Waals surface area contributed by atoms with Gasteiger partial charge in [0.1, 0.15) is 0 Å². The minimum absolute atomic E-state index is 0.229. The van der Waals surface area contributed by atoms with E-state index < -0.39 is 0 Å². The van der Waals surface area contributed by atoms with Crippen LogP contribution in [0.2, 0.25) is 0 Å². The summed E-state index contributed by atoms with van der Waals surface area (Å²) in [4.78, 5) is 0. The summed E-state index contributed by atoms with van der Waals surface area (Å²) < 4.78 is 0. The molecule has 1 aromatic carbocycles. The van der Waals surface area contributed by atoms with Gasteiger partial charge in [-0.2, -0.15) is 0 Å². The summed E-state index contributed by atoms with van der Waals surface area (Å²) in [6, 6.07) is 8.42. The SMILES string of the molecule is CCCCCC/C=C/c1ccc(CCO)cc1. The lowest BCUT2D eigenvalue weighted by Gasteiger charge is -1.99. The molecular weight excluding hydrogens is 208 g/mol. The number of unbranched alkanes of at least 4 members (excludes halogenated alkanes) is 4. The lowest BCUT2D eigenvalue weighted by molar-refractivity contribution is 0.299. The van der Waals surface area contributed by atoms with Crippen LogP contribution in [0.3, 0.4) is 0 Å². The van der Waals surface area contributed by atoms with Crippen LogP contribution in [0.4, 0.5) is 0 Å². The molecule has 94 valence electrons. The fraction of sp³-hybridized carbons (Fsp3) is 0.500. The van der Waals surface area contributed by atoms with E-state index in [-0.39, 0.29) is 6.61 Å². The van der Waals surface area contributed by atoms with Crippen molar-refractivity contribution >= 4 is 6.08 Å². The molecule has 1 heteroatoms. The molecule has 1 aromatic rings. The average Bonchev–Trinajstić information content (AvgIpc) is 2.36. The maximum Gasteiger partial charge on any atom is 0.0471 e. The van der Waals surface area contributed by atoms with Gasteiger partial charge >= 0.3 is 0 Å². The van der Waals surface area contributed by atoms with Crippen LogP contribution in [0.1, 0.15) is 50.2 Å². The average molecular weight is 232 g/mol. The molecule has 1 nitrogen and oxygen atoms in total. The van der Waals surface area contributed by atoms with Gasteiger partial charge in [-0.15, -0.1) is 0 Å². The largest absolute Gasteiger partial charge is 0.396 e. The van der Waals surface area contributed by atoms with Gasteiger partial charge < -0.3 is 5.11 Å². The number of hydrogen-bond donors (Lipinski definition) is 1. The van der Waals surface area contributed by atoms with Gasteiger partial charge in [0.15, 0.2) is 0 Å². The zero-order chi connectivity index (χ0) is 12.3. The van der Waals surface area contributed by atoms with Crippen molar-refractivity contribution in [1.82, 2.24) is 0 Å². The molecule has 0 atom stereocenters. The predicted molar refractivity (Wildman–Crippen MR) is 75.0 cm³/mol. The third-order valence-electron chi connectivity index (χ3n) is 2.91. The van der Waals surface area contributed by atoms with Crippen molar-refractivity contribution < 1.29 is 5.11 Å². The molecule has 1 rings (SSSR count). The highest BCUT2D eigenvalue weighted by Crippen LogP contribution is 2.09. The molecule has 0 aliphatic rings. The third kappa shape index (κ3) is 6.28. The summed E-state index contributed by atoms with van der Waals surface area (Å²) in [5, 5.41) is 8.82. The first-order chi connectivity index (χ1) is 8.36. The fourth-order valence-electron chi connectivity index (χ4n) is 1.83. The van der Waals surface area contributed by atoms with Gasteiger partial charge in [0.25, 0.3) is 0 Å². The first-order valence-electron chi connectivity index (χ1n) is 6.73. The van der Waals surface area contributed by atoms with E-state index >= 15 is 0 Å². The number of aliphatic hydroxyl groups excluding tert-OH is 1. The number of hydrogen-bond acceptors (Lipinski definition) is 1. The zero-order valence-corrected chi connectivity index (χ0v) is 10.9. The van der Waals surface area contributed by atoms with Gasteiger partial charge in [0, 0.05) is 6.61 Å². The van der Waals surface area contributed by atoms with Crippen LogP contribution >= 0.6 is 0 Å². The Morgan fingerprint density at radius 1 is 1.06 bits per heavy atom. The van der Waals surface area contributed by atoms with Crippen molar-refractivity contribution in [3.8, 4) is 0 Å². The molecule has 0 amide bonds. The van der Waals surface area contributed by atoms with E-state index in [0.29, 0.717) is 0 Å². The van der Waals surface area contributed by atoms with E-state index in [1.54, 1.807) is 0 Å². The molecule has 0 unspecified atom stereocenters. The Hall–Kier alpha value is -1.08. The van der Waals surface area contributed by atoms with Crippen LogP contribution < -0.4 is 0 Å². The standard InChI is InChI=1S/C16H24O/c1-2-3-4-5-6-7-8-15-9-11-16(12-10-15)13-14-17/h7-12,17H,2-6,13-14H2,1H3/b8-7+. The van der Waals surface area contributed by atoms with Crippen LogP contribution in [0.15, 0.2) is 30.3 Å². The lowest BCUT2D eigenvalue weighted by Crippen LogP contribution is -1.89. The van der Waals surface area contributed by atoms with E-state index in [4.69, 9.17) is 5.11 Å². The van der Waals surface area contributed by atoms with Crippen molar-refractivity contribution in [3.05, 3.63) is 41.5 Å². The summed E-state index contributed by atoms with van der Waals surface area (Å²) in [6.07, 6.45) is 11.7. The number of aliphatic hydroxyl groups is 1. The molecule has 0 aromatic heterocycles. The van der Waals surface area contributed by atoms with Crippen LogP contribution in [-0.2, 0) is 6.42 Å². The maximum atomic E-state index is 8.82. The highest BCUT2D eigenvalue weighted by molar-refractivity contribution is 5.49. The molecule has 17 heavy (non-hydrogen) atoms. The number of benzene rings is 1. The number of allylic oxidation sites excluding steroid dienone is 1. The van der Waals surface area contributed by atoms with Gasteiger partial charge in [-0.25, -0.2) is 0 Å². The molecule has 0 saturated carbocycles. The molecule has 0 radical (unpaired) electrons. The van der Waals surface area contributed by atoms with E-state index in [9.17, 15) is 0 Å². The van der Waals surface area contributed by atoms with Gasteiger partial charge in [-0.1, -0.05) is 62.6 Å².